The maximum absolute atomic E-state index is 12.2. The monoisotopic (exact) mass is 365 g/mol. The van der Waals surface area contributed by atoms with E-state index in [4.69, 9.17) is 16.3 Å². The SMILES string of the molecule is CC1CN(C(=O)c2ccc(I)c(Cl)c2)CCO1. The number of hydrogen-bond donors (Lipinski definition) is 0. The fourth-order valence-corrected chi connectivity index (χ4v) is 2.33. The van der Waals surface area contributed by atoms with Gasteiger partial charge in [-0.3, -0.25) is 4.79 Å². The van der Waals surface area contributed by atoms with Crippen molar-refractivity contribution in [1.82, 2.24) is 4.90 Å². The van der Waals surface area contributed by atoms with Crippen LogP contribution in [0.1, 0.15) is 17.3 Å². The van der Waals surface area contributed by atoms with Crippen LogP contribution in [0, 0.1) is 3.57 Å². The number of halogens is 2. The number of morpholine rings is 1. The van der Waals surface area contributed by atoms with Gasteiger partial charge >= 0.3 is 0 Å². The minimum atomic E-state index is 0.0263. The molecule has 1 amide bonds. The van der Waals surface area contributed by atoms with Gasteiger partial charge in [-0.15, -0.1) is 0 Å². The maximum atomic E-state index is 12.2. The molecule has 3 nitrogen and oxygen atoms in total. The Hall–Kier alpha value is -0.330. The van der Waals surface area contributed by atoms with E-state index in [2.05, 4.69) is 22.6 Å². The summed E-state index contributed by atoms with van der Waals surface area (Å²) in [5.41, 5.74) is 0.643. The Morgan fingerprint density at radius 1 is 1.59 bits per heavy atom. The summed E-state index contributed by atoms with van der Waals surface area (Å²) in [7, 11) is 0. The average Bonchev–Trinajstić information content (AvgIpc) is 2.32. The van der Waals surface area contributed by atoms with Crippen molar-refractivity contribution in [3.63, 3.8) is 0 Å². The first-order chi connectivity index (χ1) is 8.08. The molecule has 0 radical (unpaired) electrons. The van der Waals surface area contributed by atoms with Gasteiger partial charge in [0.25, 0.3) is 5.91 Å². The minimum absolute atomic E-state index is 0.0263. The van der Waals surface area contributed by atoms with Crippen molar-refractivity contribution in [1.29, 1.82) is 0 Å². The molecule has 1 aromatic rings. The molecule has 0 aliphatic carbocycles. The van der Waals surface area contributed by atoms with Crippen LogP contribution in [0.2, 0.25) is 5.02 Å². The van der Waals surface area contributed by atoms with Crippen LogP contribution >= 0.6 is 34.2 Å². The number of rotatable bonds is 1. The summed E-state index contributed by atoms with van der Waals surface area (Å²) in [5, 5.41) is 0.623. The predicted molar refractivity (Wildman–Crippen MR) is 75.5 cm³/mol. The smallest absolute Gasteiger partial charge is 0.254 e. The highest BCUT2D eigenvalue weighted by Crippen LogP contribution is 2.21. The Labute approximate surface area is 119 Å². The van der Waals surface area contributed by atoms with Crippen molar-refractivity contribution in [3.05, 3.63) is 32.4 Å². The van der Waals surface area contributed by atoms with Gasteiger partial charge in [-0.05, 0) is 47.7 Å². The summed E-state index contributed by atoms with van der Waals surface area (Å²) >= 11 is 8.17. The number of amides is 1. The van der Waals surface area contributed by atoms with E-state index < -0.39 is 0 Å². The molecule has 1 unspecified atom stereocenters. The molecule has 0 N–H and O–H groups in total. The van der Waals surface area contributed by atoms with Gasteiger partial charge in [0.15, 0.2) is 0 Å². The summed E-state index contributed by atoms with van der Waals surface area (Å²) in [4.78, 5) is 14.0. The standard InChI is InChI=1S/C12H13ClINO2/c1-8-7-15(4-5-17-8)12(16)9-2-3-11(14)10(13)6-9/h2-3,6,8H,4-5,7H2,1H3. The summed E-state index contributed by atoms with van der Waals surface area (Å²) in [6.07, 6.45) is 0.104. The van der Waals surface area contributed by atoms with Crippen LogP contribution in [0.5, 0.6) is 0 Å². The zero-order chi connectivity index (χ0) is 12.4. The molecule has 1 aromatic carbocycles. The second kappa shape index (κ2) is 5.54. The summed E-state index contributed by atoms with van der Waals surface area (Å²) in [6, 6.07) is 5.40. The van der Waals surface area contributed by atoms with Crippen LogP contribution in [-0.2, 0) is 4.74 Å². The van der Waals surface area contributed by atoms with E-state index in [0.717, 1.165) is 3.57 Å². The van der Waals surface area contributed by atoms with Gasteiger partial charge in [-0.25, -0.2) is 0 Å². The van der Waals surface area contributed by atoms with Gasteiger partial charge in [0.1, 0.15) is 0 Å². The lowest BCUT2D eigenvalue weighted by Gasteiger charge is -2.31. The zero-order valence-corrected chi connectivity index (χ0v) is 12.4. The van der Waals surface area contributed by atoms with E-state index in [1.807, 2.05) is 24.0 Å². The highest BCUT2D eigenvalue weighted by atomic mass is 127. The van der Waals surface area contributed by atoms with Crippen LogP contribution in [0.4, 0.5) is 0 Å². The molecule has 2 rings (SSSR count). The molecule has 17 heavy (non-hydrogen) atoms. The van der Waals surface area contributed by atoms with E-state index in [1.54, 1.807) is 6.07 Å². The number of hydrogen-bond acceptors (Lipinski definition) is 2. The quantitative estimate of drug-likeness (QED) is 0.716. The first-order valence-corrected chi connectivity index (χ1v) is 6.89. The molecular formula is C12H13ClINO2. The van der Waals surface area contributed by atoms with Crippen molar-refractivity contribution < 1.29 is 9.53 Å². The molecule has 0 spiro atoms. The zero-order valence-electron chi connectivity index (χ0n) is 9.45. The van der Waals surface area contributed by atoms with Crippen LogP contribution in [0.25, 0.3) is 0 Å². The molecular weight excluding hydrogens is 352 g/mol. The highest BCUT2D eigenvalue weighted by Gasteiger charge is 2.22. The van der Waals surface area contributed by atoms with E-state index >= 15 is 0 Å². The first kappa shape index (κ1) is 13.1. The lowest BCUT2D eigenvalue weighted by molar-refractivity contribution is -0.0124. The molecule has 92 valence electrons. The molecule has 1 aliphatic rings. The predicted octanol–water partition coefficient (Wildman–Crippen LogP) is 2.81. The van der Waals surface area contributed by atoms with Gasteiger partial charge in [0.05, 0.1) is 17.7 Å². The number of carbonyl (C=O) groups excluding carboxylic acids is 1. The van der Waals surface area contributed by atoms with Crippen molar-refractivity contribution in [2.75, 3.05) is 19.7 Å². The van der Waals surface area contributed by atoms with Crippen molar-refractivity contribution in [2.45, 2.75) is 13.0 Å². The molecule has 5 heteroatoms. The summed E-state index contributed by atoms with van der Waals surface area (Å²) < 4.78 is 6.37. The number of benzene rings is 1. The molecule has 1 fully saturated rings. The average molecular weight is 366 g/mol. The van der Waals surface area contributed by atoms with Crippen molar-refractivity contribution in [2.24, 2.45) is 0 Å². The molecule has 1 aliphatic heterocycles. The molecule has 1 atom stereocenters. The van der Waals surface area contributed by atoms with Crippen LogP contribution in [0.3, 0.4) is 0 Å². The van der Waals surface area contributed by atoms with Gasteiger partial charge in [0, 0.05) is 22.2 Å². The second-order valence-corrected chi connectivity index (χ2v) is 5.63. The second-order valence-electron chi connectivity index (χ2n) is 4.06. The molecule has 0 bridgehead atoms. The lowest BCUT2D eigenvalue weighted by atomic mass is 10.2. The van der Waals surface area contributed by atoms with E-state index in [9.17, 15) is 4.79 Å². The Balaban J connectivity index is 2.15. The number of nitrogens with zero attached hydrogens (tertiary/aromatic N) is 1. The van der Waals surface area contributed by atoms with Crippen LogP contribution < -0.4 is 0 Å². The lowest BCUT2D eigenvalue weighted by Crippen LogP contribution is -2.44. The number of ether oxygens (including phenoxy) is 1. The third kappa shape index (κ3) is 3.11. The molecule has 0 aromatic heterocycles. The summed E-state index contributed by atoms with van der Waals surface area (Å²) in [5.74, 6) is 0.0263. The topological polar surface area (TPSA) is 29.5 Å². The Kier molecular flexibility index (Phi) is 4.27. The number of carbonyl (C=O) groups is 1. The third-order valence-corrected chi connectivity index (χ3v) is 4.27. The Morgan fingerprint density at radius 3 is 3.00 bits per heavy atom. The Bertz CT molecular complexity index is 439. The maximum Gasteiger partial charge on any atom is 0.254 e. The van der Waals surface area contributed by atoms with Gasteiger partial charge < -0.3 is 9.64 Å². The van der Waals surface area contributed by atoms with Crippen molar-refractivity contribution in [3.8, 4) is 0 Å². The largest absolute Gasteiger partial charge is 0.375 e. The van der Waals surface area contributed by atoms with E-state index in [-0.39, 0.29) is 12.0 Å². The Morgan fingerprint density at radius 2 is 2.35 bits per heavy atom. The van der Waals surface area contributed by atoms with E-state index in [1.165, 1.54) is 0 Å². The van der Waals surface area contributed by atoms with Gasteiger partial charge in [-0.2, -0.15) is 0 Å². The van der Waals surface area contributed by atoms with Crippen molar-refractivity contribution >= 4 is 40.1 Å². The van der Waals surface area contributed by atoms with Gasteiger partial charge in [0.2, 0.25) is 0 Å². The van der Waals surface area contributed by atoms with E-state index in [0.29, 0.717) is 30.3 Å². The normalized spacial score (nSPS) is 20.4. The third-order valence-electron chi connectivity index (χ3n) is 2.69. The fraction of sp³-hybridized carbons (Fsp3) is 0.417. The van der Waals surface area contributed by atoms with Crippen LogP contribution in [-0.4, -0.2) is 36.6 Å². The molecule has 1 saturated heterocycles. The highest BCUT2D eigenvalue weighted by molar-refractivity contribution is 14.1. The first-order valence-electron chi connectivity index (χ1n) is 5.44. The summed E-state index contributed by atoms with van der Waals surface area (Å²) in [6.45, 7) is 3.86. The molecule has 0 saturated carbocycles. The fourth-order valence-electron chi connectivity index (χ4n) is 1.81. The van der Waals surface area contributed by atoms with Crippen LogP contribution in [0.15, 0.2) is 18.2 Å². The molecule has 1 heterocycles. The minimum Gasteiger partial charge on any atom is -0.375 e. The van der Waals surface area contributed by atoms with Gasteiger partial charge in [-0.1, -0.05) is 11.6 Å².